The van der Waals surface area contributed by atoms with Crippen LogP contribution in [0.1, 0.15) is 5.56 Å². The minimum Gasteiger partial charge on any atom is -0.480 e. The lowest BCUT2D eigenvalue weighted by atomic mass is 10.2. The van der Waals surface area contributed by atoms with Gasteiger partial charge in [-0.05, 0) is 11.6 Å². The Hall–Kier alpha value is -1.55. The third-order valence-corrected chi connectivity index (χ3v) is 1.65. The number of rotatable bonds is 4. The van der Waals surface area contributed by atoms with Gasteiger partial charge in [0.15, 0.2) is 0 Å². The maximum atomic E-state index is 10.2. The van der Waals surface area contributed by atoms with Gasteiger partial charge in [0.2, 0.25) is 0 Å². The molecule has 0 aliphatic carbocycles. The van der Waals surface area contributed by atoms with Crippen molar-refractivity contribution in [3.8, 4) is 0 Å². The molecule has 0 aromatic heterocycles. The predicted octanol–water partition coefficient (Wildman–Crippen LogP) is 0.443. The van der Waals surface area contributed by atoms with E-state index in [1.165, 1.54) is 0 Å². The predicted molar refractivity (Wildman–Crippen MR) is 50.2 cm³/mol. The molecule has 0 heterocycles. The van der Waals surface area contributed by atoms with Crippen LogP contribution in [-0.4, -0.2) is 17.6 Å². The smallest absolute Gasteiger partial charge is 0.317 e. The molecule has 0 spiro atoms. The summed E-state index contributed by atoms with van der Waals surface area (Å²) in [6.07, 6.45) is 0. The first-order valence-corrected chi connectivity index (χ1v) is 3.96. The number of carboxylic acids is 1. The Bertz CT molecular complexity index is 299. The fourth-order valence-corrected chi connectivity index (χ4v) is 0.999. The van der Waals surface area contributed by atoms with E-state index >= 15 is 0 Å². The van der Waals surface area contributed by atoms with E-state index < -0.39 is 5.97 Å². The molecule has 4 N–H and O–H groups in total. The van der Waals surface area contributed by atoms with Gasteiger partial charge < -0.3 is 16.2 Å². The van der Waals surface area contributed by atoms with Crippen molar-refractivity contribution in [1.82, 2.24) is 5.32 Å². The van der Waals surface area contributed by atoms with Crippen molar-refractivity contribution in [1.29, 1.82) is 0 Å². The molecule has 1 aromatic carbocycles. The Balaban J connectivity index is 2.45. The fourth-order valence-electron chi connectivity index (χ4n) is 0.999. The summed E-state index contributed by atoms with van der Waals surface area (Å²) in [6.45, 7) is 0.438. The summed E-state index contributed by atoms with van der Waals surface area (Å²) in [5.41, 5.74) is 7.25. The molecule has 0 unspecified atom stereocenters. The summed E-state index contributed by atoms with van der Waals surface area (Å²) in [5, 5.41) is 11.1. The standard InChI is InChI=1S/C9H12N2O2/c10-8-4-2-1-3-7(8)5-11-6-9(12)13/h1-4,11H,5-6,10H2,(H,12,13). The van der Waals surface area contributed by atoms with Crippen LogP contribution in [0.25, 0.3) is 0 Å². The molecule has 0 amide bonds. The first-order valence-electron chi connectivity index (χ1n) is 3.96. The minimum absolute atomic E-state index is 0.0473. The van der Waals surface area contributed by atoms with E-state index in [1.807, 2.05) is 18.2 Å². The third kappa shape index (κ3) is 3.13. The summed E-state index contributed by atoms with van der Waals surface area (Å²) in [6, 6.07) is 7.37. The van der Waals surface area contributed by atoms with Gasteiger partial charge in [-0.25, -0.2) is 0 Å². The van der Waals surface area contributed by atoms with E-state index in [0.29, 0.717) is 12.2 Å². The summed E-state index contributed by atoms with van der Waals surface area (Å²) in [7, 11) is 0. The lowest BCUT2D eigenvalue weighted by Crippen LogP contribution is -2.22. The molecule has 0 radical (unpaired) electrons. The second kappa shape index (κ2) is 4.47. The first-order chi connectivity index (χ1) is 6.20. The van der Waals surface area contributed by atoms with Crippen LogP contribution >= 0.6 is 0 Å². The second-order valence-corrected chi connectivity index (χ2v) is 2.70. The van der Waals surface area contributed by atoms with Crippen molar-refractivity contribution in [2.24, 2.45) is 0 Å². The molecule has 70 valence electrons. The van der Waals surface area contributed by atoms with E-state index in [2.05, 4.69) is 5.32 Å². The Morgan fingerprint density at radius 2 is 2.15 bits per heavy atom. The number of nitrogens with one attached hydrogen (secondary N) is 1. The molecule has 0 bridgehead atoms. The molecule has 1 rings (SSSR count). The van der Waals surface area contributed by atoms with Gasteiger partial charge in [0.25, 0.3) is 0 Å². The van der Waals surface area contributed by atoms with Gasteiger partial charge in [-0.15, -0.1) is 0 Å². The molecular weight excluding hydrogens is 168 g/mol. The molecule has 0 saturated heterocycles. The average molecular weight is 180 g/mol. The largest absolute Gasteiger partial charge is 0.480 e. The molecule has 4 heteroatoms. The van der Waals surface area contributed by atoms with Gasteiger partial charge in [0.05, 0.1) is 6.54 Å². The average Bonchev–Trinajstić information content (AvgIpc) is 2.08. The minimum atomic E-state index is -0.866. The molecule has 0 fully saturated rings. The van der Waals surface area contributed by atoms with Crippen molar-refractivity contribution in [2.45, 2.75) is 6.54 Å². The molecule has 1 aromatic rings. The number of para-hydroxylation sites is 1. The zero-order chi connectivity index (χ0) is 9.68. The van der Waals surface area contributed by atoms with Crippen LogP contribution in [0, 0.1) is 0 Å². The van der Waals surface area contributed by atoms with Crippen LogP contribution in [0.4, 0.5) is 5.69 Å². The molecule has 0 aliphatic heterocycles. The van der Waals surface area contributed by atoms with Gasteiger partial charge in [-0.3, -0.25) is 4.79 Å². The summed E-state index contributed by atoms with van der Waals surface area (Å²) in [4.78, 5) is 10.2. The molecule has 4 nitrogen and oxygen atoms in total. The highest BCUT2D eigenvalue weighted by atomic mass is 16.4. The zero-order valence-corrected chi connectivity index (χ0v) is 7.16. The Morgan fingerprint density at radius 1 is 1.46 bits per heavy atom. The number of carbonyl (C=O) groups is 1. The van der Waals surface area contributed by atoms with Crippen molar-refractivity contribution in [3.63, 3.8) is 0 Å². The van der Waals surface area contributed by atoms with Crippen LogP contribution in [0.15, 0.2) is 24.3 Å². The number of nitrogen functional groups attached to an aromatic ring is 1. The summed E-state index contributed by atoms with van der Waals surface area (Å²) >= 11 is 0. The van der Waals surface area contributed by atoms with Crippen molar-refractivity contribution < 1.29 is 9.90 Å². The Labute approximate surface area is 76.4 Å². The van der Waals surface area contributed by atoms with Crippen molar-refractivity contribution in [3.05, 3.63) is 29.8 Å². The first kappa shape index (κ1) is 9.54. The third-order valence-electron chi connectivity index (χ3n) is 1.65. The van der Waals surface area contributed by atoms with Gasteiger partial charge in [0.1, 0.15) is 0 Å². The molecule has 0 atom stereocenters. The van der Waals surface area contributed by atoms with E-state index in [4.69, 9.17) is 10.8 Å². The summed E-state index contributed by atoms with van der Waals surface area (Å²) in [5.74, 6) is -0.866. The van der Waals surface area contributed by atoms with Crippen LogP contribution in [0.3, 0.4) is 0 Å². The molecular formula is C9H12N2O2. The lowest BCUT2D eigenvalue weighted by Gasteiger charge is -2.04. The van der Waals surface area contributed by atoms with Gasteiger partial charge in [-0.1, -0.05) is 18.2 Å². The molecule has 0 aliphatic rings. The number of aliphatic carboxylic acids is 1. The van der Waals surface area contributed by atoms with Crippen LogP contribution in [0.2, 0.25) is 0 Å². The highest BCUT2D eigenvalue weighted by Crippen LogP contribution is 2.09. The number of nitrogens with two attached hydrogens (primary N) is 1. The highest BCUT2D eigenvalue weighted by Gasteiger charge is 1.98. The quantitative estimate of drug-likeness (QED) is 0.588. The van der Waals surface area contributed by atoms with Crippen LogP contribution in [0.5, 0.6) is 0 Å². The Morgan fingerprint density at radius 3 is 2.77 bits per heavy atom. The highest BCUT2D eigenvalue weighted by molar-refractivity contribution is 5.69. The van der Waals surface area contributed by atoms with E-state index in [9.17, 15) is 4.79 Å². The number of hydrogen-bond donors (Lipinski definition) is 3. The van der Waals surface area contributed by atoms with Crippen molar-refractivity contribution >= 4 is 11.7 Å². The van der Waals surface area contributed by atoms with Gasteiger partial charge in [0, 0.05) is 12.2 Å². The number of hydrogen-bond acceptors (Lipinski definition) is 3. The van der Waals surface area contributed by atoms with Gasteiger partial charge >= 0.3 is 5.97 Å². The van der Waals surface area contributed by atoms with E-state index in [0.717, 1.165) is 5.56 Å². The molecule has 0 saturated carbocycles. The van der Waals surface area contributed by atoms with Crippen LogP contribution in [-0.2, 0) is 11.3 Å². The van der Waals surface area contributed by atoms with Crippen LogP contribution < -0.4 is 11.1 Å². The van der Waals surface area contributed by atoms with E-state index in [1.54, 1.807) is 6.07 Å². The molecule has 13 heavy (non-hydrogen) atoms. The lowest BCUT2D eigenvalue weighted by molar-refractivity contribution is -0.135. The second-order valence-electron chi connectivity index (χ2n) is 2.70. The monoisotopic (exact) mass is 180 g/mol. The normalized spacial score (nSPS) is 9.85. The maximum Gasteiger partial charge on any atom is 0.317 e. The zero-order valence-electron chi connectivity index (χ0n) is 7.16. The number of carboxylic acid groups (broad SMARTS) is 1. The SMILES string of the molecule is Nc1ccccc1CNCC(=O)O. The number of anilines is 1. The fraction of sp³-hybridized carbons (Fsp3) is 0.222. The Kier molecular flexibility index (Phi) is 3.28. The number of benzene rings is 1. The van der Waals surface area contributed by atoms with Crippen molar-refractivity contribution in [2.75, 3.05) is 12.3 Å². The van der Waals surface area contributed by atoms with Gasteiger partial charge in [-0.2, -0.15) is 0 Å². The van der Waals surface area contributed by atoms with E-state index in [-0.39, 0.29) is 6.54 Å². The maximum absolute atomic E-state index is 10.2. The summed E-state index contributed by atoms with van der Waals surface area (Å²) < 4.78 is 0. The topological polar surface area (TPSA) is 75.3 Å².